The van der Waals surface area contributed by atoms with Gasteiger partial charge in [0.15, 0.2) is 5.96 Å². The Labute approximate surface area is 162 Å². The fourth-order valence-corrected chi connectivity index (χ4v) is 2.68. The van der Waals surface area contributed by atoms with Crippen LogP contribution in [0.1, 0.15) is 15.9 Å². The van der Waals surface area contributed by atoms with Crippen LogP contribution in [-0.4, -0.2) is 31.9 Å². The largest absolute Gasteiger partial charge is 0.423 e. The van der Waals surface area contributed by atoms with E-state index >= 15 is 0 Å². The predicted molar refractivity (Wildman–Crippen MR) is 112 cm³/mol. The molecule has 3 aromatic rings. The van der Waals surface area contributed by atoms with E-state index in [4.69, 9.17) is 15.9 Å². The van der Waals surface area contributed by atoms with E-state index in [0.717, 1.165) is 16.5 Å². The van der Waals surface area contributed by atoms with Crippen LogP contribution < -0.4 is 21.1 Å². The molecule has 0 atom stereocenters. The summed E-state index contributed by atoms with van der Waals surface area (Å²) < 4.78 is 5.49. The highest BCUT2D eigenvalue weighted by Crippen LogP contribution is 2.23. The Balaban J connectivity index is 1.73. The number of nitrogens with two attached hydrogens (primary N) is 1. The summed E-state index contributed by atoms with van der Waals surface area (Å²) in [7, 11) is 3.45. The lowest BCUT2D eigenvalue weighted by Crippen LogP contribution is -2.26. The van der Waals surface area contributed by atoms with Gasteiger partial charge in [0, 0.05) is 25.3 Å². The molecule has 0 unspecified atom stereocenters. The molecule has 142 valence electrons. The van der Waals surface area contributed by atoms with E-state index < -0.39 is 5.97 Å². The summed E-state index contributed by atoms with van der Waals surface area (Å²) in [5, 5.41) is 15.3. The molecule has 0 aliphatic carbocycles. The molecule has 7 heteroatoms. The standard InChI is InChI=1S/C21H21N5O2/c1-24-21(25-2)26-17-8-5-13(6-9-17)20(27)28-18-10-7-14-11-16(19(22)23)4-3-15(14)12-18/h3-12H,1-2H3,(H3,22,23)(H2,24,25,26). The van der Waals surface area contributed by atoms with Gasteiger partial charge in [-0.1, -0.05) is 18.2 Å². The van der Waals surface area contributed by atoms with Gasteiger partial charge in [-0.25, -0.2) is 4.79 Å². The smallest absolute Gasteiger partial charge is 0.343 e. The van der Waals surface area contributed by atoms with Crippen LogP contribution in [0.25, 0.3) is 10.8 Å². The fourth-order valence-electron chi connectivity index (χ4n) is 2.68. The number of nitrogen functional groups attached to an aromatic ring is 1. The molecule has 5 N–H and O–H groups in total. The number of esters is 1. The van der Waals surface area contributed by atoms with Crippen molar-refractivity contribution < 1.29 is 9.53 Å². The highest BCUT2D eigenvalue weighted by Gasteiger charge is 2.10. The molecule has 0 heterocycles. The van der Waals surface area contributed by atoms with E-state index in [9.17, 15) is 4.79 Å². The number of anilines is 1. The highest BCUT2D eigenvalue weighted by atomic mass is 16.5. The topological polar surface area (TPSA) is 113 Å². The van der Waals surface area contributed by atoms with Gasteiger partial charge in [-0.05, 0) is 53.2 Å². The first-order valence-corrected chi connectivity index (χ1v) is 8.62. The third-order valence-corrected chi connectivity index (χ3v) is 4.18. The van der Waals surface area contributed by atoms with Crippen LogP contribution in [0.3, 0.4) is 0 Å². The quantitative estimate of drug-likeness (QED) is 0.242. The molecule has 0 amide bonds. The van der Waals surface area contributed by atoms with Crippen LogP contribution in [0.15, 0.2) is 65.7 Å². The van der Waals surface area contributed by atoms with Crippen molar-refractivity contribution in [3.05, 3.63) is 71.8 Å². The molecule has 0 aliphatic heterocycles. The molecule has 0 bridgehead atoms. The Bertz CT molecular complexity index is 1060. The van der Waals surface area contributed by atoms with Gasteiger partial charge >= 0.3 is 5.97 Å². The summed E-state index contributed by atoms with van der Waals surface area (Å²) in [5.74, 6) is 0.650. The molecule has 0 saturated carbocycles. The van der Waals surface area contributed by atoms with Gasteiger partial charge in [0.1, 0.15) is 11.6 Å². The summed E-state index contributed by atoms with van der Waals surface area (Å²) in [5.41, 5.74) is 7.42. The minimum Gasteiger partial charge on any atom is -0.423 e. The molecule has 3 aromatic carbocycles. The van der Waals surface area contributed by atoms with E-state index in [1.54, 1.807) is 56.6 Å². The van der Waals surface area contributed by atoms with Gasteiger partial charge in [-0.3, -0.25) is 10.4 Å². The fraction of sp³-hybridized carbons (Fsp3) is 0.0952. The average Bonchev–Trinajstić information content (AvgIpc) is 2.71. The van der Waals surface area contributed by atoms with Crippen molar-refractivity contribution >= 4 is 34.2 Å². The van der Waals surface area contributed by atoms with E-state index in [0.29, 0.717) is 22.8 Å². The van der Waals surface area contributed by atoms with Crippen molar-refractivity contribution in [1.29, 1.82) is 5.41 Å². The first kappa shape index (κ1) is 18.9. The number of nitrogens with zero attached hydrogens (tertiary/aromatic N) is 1. The number of nitrogens with one attached hydrogen (secondary N) is 3. The maximum Gasteiger partial charge on any atom is 0.343 e. The zero-order chi connectivity index (χ0) is 20.1. The number of hydrogen-bond donors (Lipinski definition) is 4. The SMILES string of the molecule is CN=C(NC)Nc1ccc(C(=O)Oc2ccc3cc(C(=N)N)ccc3c2)cc1. The molecule has 28 heavy (non-hydrogen) atoms. The Morgan fingerprint density at radius 2 is 1.64 bits per heavy atom. The number of aliphatic imine (C=N–C) groups is 1. The normalized spacial score (nSPS) is 11.1. The Hall–Kier alpha value is -3.87. The predicted octanol–water partition coefficient (Wildman–Crippen LogP) is 2.96. The summed E-state index contributed by atoms with van der Waals surface area (Å²) in [4.78, 5) is 16.5. The summed E-state index contributed by atoms with van der Waals surface area (Å²) in [6.45, 7) is 0. The van der Waals surface area contributed by atoms with E-state index in [2.05, 4.69) is 15.6 Å². The minimum atomic E-state index is -0.441. The number of benzene rings is 3. The zero-order valence-electron chi connectivity index (χ0n) is 15.6. The van der Waals surface area contributed by atoms with Crippen molar-refractivity contribution in [2.45, 2.75) is 0 Å². The van der Waals surface area contributed by atoms with Crippen LogP contribution in [0.5, 0.6) is 5.75 Å². The first-order chi connectivity index (χ1) is 13.5. The minimum absolute atomic E-state index is 0.0161. The lowest BCUT2D eigenvalue weighted by atomic mass is 10.1. The van der Waals surface area contributed by atoms with Crippen molar-refractivity contribution in [3.63, 3.8) is 0 Å². The Morgan fingerprint density at radius 3 is 2.29 bits per heavy atom. The second-order valence-corrected chi connectivity index (χ2v) is 6.05. The van der Waals surface area contributed by atoms with E-state index in [-0.39, 0.29) is 5.84 Å². The molecular weight excluding hydrogens is 354 g/mol. The number of carbonyl (C=O) groups excluding carboxylic acids is 1. The van der Waals surface area contributed by atoms with E-state index in [1.807, 2.05) is 18.2 Å². The summed E-state index contributed by atoms with van der Waals surface area (Å²) in [6, 6.07) is 17.7. The molecule has 0 fully saturated rings. The Kier molecular flexibility index (Phi) is 5.55. The average molecular weight is 375 g/mol. The van der Waals surface area contributed by atoms with Gasteiger partial charge in [-0.2, -0.15) is 0 Å². The Morgan fingerprint density at radius 1 is 1.00 bits per heavy atom. The monoisotopic (exact) mass is 375 g/mol. The molecule has 0 radical (unpaired) electrons. The number of fused-ring (bicyclic) bond motifs is 1. The maximum absolute atomic E-state index is 12.4. The van der Waals surface area contributed by atoms with Gasteiger partial charge in [-0.15, -0.1) is 0 Å². The van der Waals surface area contributed by atoms with Crippen LogP contribution in [0.4, 0.5) is 5.69 Å². The molecule has 7 nitrogen and oxygen atoms in total. The molecule has 3 rings (SSSR count). The first-order valence-electron chi connectivity index (χ1n) is 8.62. The van der Waals surface area contributed by atoms with Crippen molar-refractivity contribution in [3.8, 4) is 5.75 Å². The molecule has 0 spiro atoms. The lowest BCUT2D eigenvalue weighted by Gasteiger charge is -2.09. The number of guanidine groups is 1. The van der Waals surface area contributed by atoms with Gasteiger partial charge < -0.3 is 21.1 Å². The van der Waals surface area contributed by atoms with Crippen molar-refractivity contribution in [1.82, 2.24) is 5.32 Å². The second kappa shape index (κ2) is 8.22. The van der Waals surface area contributed by atoms with Gasteiger partial charge in [0.05, 0.1) is 5.56 Å². The molecule has 0 aromatic heterocycles. The summed E-state index contributed by atoms with van der Waals surface area (Å²) in [6.07, 6.45) is 0. The number of ether oxygens (including phenoxy) is 1. The zero-order valence-corrected chi connectivity index (χ0v) is 15.6. The van der Waals surface area contributed by atoms with Crippen molar-refractivity contribution in [2.75, 3.05) is 19.4 Å². The maximum atomic E-state index is 12.4. The number of rotatable bonds is 4. The lowest BCUT2D eigenvalue weighted by molar-refractivity contribution is 0.0735. The van der Waals surface area contributed by atoms with Crippen LogP contribution >= 0.6 is 0 Å². The van der Waals surface area contributed by atoms with Crippen LogP contribution in [0, 0.1) is 5.41 Å². The third kappa shape index (κ3) is 4.27. The summed E-state index contributed by atoms with van der Waals surface area (Å²) >= 11 is 0. The molecule has 0 aliphatic rings. The number of amidine groups is 1. The molecular formula is C21H21N5O2. The third-order valence-electron chi connectivity index (χ3n) is 4.18. The van der Waals surface area contributed by atoms with Crippen LogP contribution in [-0.2, 0) is 0 Å². The second-order valence-electron chi connectivity index (χ2n) is 6.05. The number of carbonyl (C=O) groups is 1. The van der Waals surface area contributed by atoms with Gasteiger partial charge in [0.2, 0.25) is 0 Å². The highest BCUT2D eigenvalue weighted by molar-refractivity contribution is 5.99. The van der Waals surface area contributed by atoms with Crippen molar-refractivity contribution in [2.24, 2.45) is 10.7 Å². The van der Waals surface area contributed by atoms with E-state index in [1.165, 1.54) is 0 Å². The van der Waals surface area contributed by atoms with Gasteiger partial charge in [0.25, 0.3) is 0 Å². The van der Waals surface area contributed by atoms with Crippen LogP contribution in [0.2, 0.25) is 0 Å². The number of hydrogen-bond acceptors (Lipinski definition) is 4. The molecule has 0 saturated heterocycles.